The molecule has 0 aliphatic rings. The molecule has 0 aliphatic carbocycles. The van der Waals surface area contributed by atoms with Gasteiger partial charge in [-0.1, -0.05) is 23.2 Å². The molecular weight excluding hydrogens is 213 g/mol. The minimum Gasteiger partial charge on any atom is -0.469 e. The van der Waals surface area contributed by atoms with E-state index in [1.807, 2.05) is 0 Å². The van der Waals surface area contributed by atoms with Gasteiger partial charge in [0.05, 0.1) is 29.3 Å². The molecule has 1 heterocycles. The van der Waals surface area contributed by atoms with Crippen molar-refractivity contribution in [1.82, 2.24) is 4.98 Å². The third-order valence-electron chi connectivity index (χ3n) is 1.42. The topological polar surface area (TPSA) is 39.2 Å². The summed E-state index contributed by atoms with van der Waals surface area (Å²) in [6.45, 7) is 0. The molecule has 0 aromatic carbocycles. The average molecular weight is 220 g/mol. The number of ether oxygens (including phenoxy) is 1. The maximum Gasteiger partial charge on any atom is 0.311 e. The standard InChI is InChI=1S/C8H7Cl2NO2/c1-13-8(12)3-7-6(10)2-5(9)4-11-7/h2,4H,3H2,1H3. The Balaban J connectivity index is 2.83. The van der Waals surface area contributed by atoms with Crippen LogP contribution in [0.5, 0.6) is 0 Å². The number of carbonyl (C=O) groups excluding carboxylic acids is 1. The van der Waals surface area contributed by atoms with Gasteiger partial charge in [0, 0.05) is 6.20 Å². The van der Waals surface area contributed by atoms with Gasteiger partial charge in [0.1, 0.15) is 0 Å². The number of aromatic nitrogens is 1. The molecule has 1 aromatic heterocycles. The van der Waals surface area contributed by atoms with E-state index >= 15 is 0 Å². The molecule has 0 amide bonds. The Morgan fingerprint density at radius 1 is 1.62 bits per heavy atom. The van der Waals surface area contributed by atoms with Gasteiger partial charge in [-0.3, -0.25) is 9.78 Å². The van der Waals surface area contributed by atoms with E-state index in [4.69, 9.17) is 23.2 Å². The van der Waals surface area contributed by atoms with Crippen molar-refractivity contribution in [3.8, 4) is 0 Å². The molecule has 0 saturated heterocycles. The third kappa shape index (κ3) is 2.86. The second kappa shape index (κ2) is 4.44. The van der Waals surface area contributed by atoms with E-state index in [1.54, 1.807) is 0 Å². The molecule has 0 atom stereocenters. The Bertz CT molecular complexity index is 328. The predicted octanol–water partition coefficient (Wildman–Crippen LogP) is 2.10. The largest absolute Gasteiger partial charge is 0.469 e. The van der Waals surface area contributed by atoms with Crippen molar-refractivity contribution in [3.05, 3.63) is 28.0 Å². The van der Waals surface area contributed by atoms with Gasteiger partial charge in [-0.05, 0) is 6.07 Å². The van der Waals surface area contributed by atoms with Crippen LogP contribution in [-0.4, -0.2) is 18.1 Å². The monoisotopic (exact) mass is 219 g/mol. The molecule has 3 nitrogen and oxygen atoms in total. The summed E-state index contributed by atoms with van der Waals surface area (Å²) in [6, 6.07) is 1.54. The van der Waals surface area contributed by atoms with E-state index in [2.05, 4.69) is 9.72 Å². The van der Waals surface area contributed by atoms with Gasteiger partial charge in [0.25, 0.3) is 0 Å². The number of esters is 1. The first-order valence-corrected chi connectivity index (χ1v) is 4.26. The molecule has 0 N–H and O–H groups in total. The highest BCUT2D eigenvalue weighted by Gasteiger charge is 2.08. The molecule has 0 fully saturated rings. The van der Waals surface area contributed by atoms with Crippen LogP contribution >= 0.6 is 23.2 Å². The molecule has 0 bridgehead atoms. The fourth-order valence-corrected chi connectivity index (χ4v) is 1.23. The molecule has 0 radical (unpaired) electrons. The number of nitrogens with zero attached hydrogens (tertiary/aromatic N) is 1. The molecular formula is C8H7Cl2NO2. The molecule has 0 unspecified atom stereocenters. The van der Waals surface area contributed by atoms with Crippen molar-refractivity contribution in [2.24, 2.45) is 0 Å². The Labute approximate surface area is 85.6 Å². The number of pyridine rings is 1. The molecule has 0 aliphatic heterocycles. The SMILES string of the molecule is COC(=O)Cc1ncc(Cl)cc1Cl. The number of hydrogen-bond donors (Lipinski definition) is 0. The first-order valence-electron chi connectivity index (χ1n) is 3.50. The maximum atomic E-state index is 10.9. The predicted molar refractivity (Wildman–Crippen MR) is 50.0 cm³/mol. The minimum atomic E-state index is -0.378. The second-order valence-electron chi connectivity index (χ2n) is 2.33. The summed E-state index contributed by atoms with van der Waals surface area (Å²) in [7, 11) is 1.31. The normalized spacial score (nSPS) is 9.77. The zero-order valence-electron chi connectivity index (χ0n) is 6.88. The lowest BCUT2D eigenvalue weighted by Gasteiger charge is -2.01. The Hall–Kier alpha value is -0.800. The molecule has 5 heteroatoms. The average Bonchev–Trinajstić information content (AvgIpc) is 2.09. The van der Waals surface area contributed by atoms with Crippen LogP contribution in [0.3, 0.4) is 0 Å². The summed E-state index contributed by atoms with van der Waals surface area (Å²) in [5.74, 6) is -0.378. The number of hydrogen-bond acceptors (Lipinski definition) is 3. The Morgan fingerprint density at radius 2 is 2.31 bits per heavy atom. The van der Waals surface area contributed by atoms with Crippen LogP contribution in [-0.2, 0) is 16.0 Å². The molecule has 1 aromatic rings. The highest BCUT2D eigenvalue weighted by atomic mass is 35.5. The second-order valence-corrected chi connectivity index (χ2v) is 3.18. The number of methoxy groups -OCH3 is 1. The zero-order valence-corrected chi connectivity index (χ0v) is 8.39. The van der Waals surface area contributed by atoms with Crippen molar-refractivity contribution in [3.63, 3.8) is 0 Å². The molecule has 1 rings (SSSR count). The molecule has 0 saturated carbocycles. The summed E-state index contributed by atoms with van der Waals surface area (Å²) in [5.41, 5.74) is 0.470. The molecule has 70 valence electrons. The summed E-state index contributed by atoms with van der Waals surface area (Å²) < 4.78 is 4.47. The van der Waals surface area contributed by atoms with Crippen molar-refractivity contribution in [2.45, 2.75) is 6.42 Å². The van der Waals surface area contributed by atoms with Crippen LogP contribution in [0.4, 0.5) is 0 Å². The summed E-state index contributed by atoms with van der Waals surface area (Å²) in [6.07, 6.45) is 1.50. The van der Waals surface area contributed by atoms with E-state index < -0.39 is 0 Å². The maximum absolute atomic E-state index is 10.9. The van der Waals surface area contributed by atoms with Crippen LogP contribution in [0.1, 0.15) is 5.69 Å². The van der Waals surface area contributed by atoms with Gasteiger partial charge in [0.15, 0.2) is 0 Å². The van der Waals surface area contributed by atoms with Gasteiger partial charge >= 0.3 is 5.97 Å². The quantitative estimate of drug-likeness (QED) is 0.716. The molecule has 0 spiro atoms. The zero-order chi connectivity index (χ0) is 9.84. The fourth-order valence-electron chi connectivity index (χ4n) is 0.782. The lowest BCUT2D eigenvalue weighted by Crippen LogP contribution is -2.06. The van der Waals surface area contributed by atoms with Crippen LogP contribution < -0.4 is 0 Å². The smallest absolute Gasteiger partial charge is 0.311 e. The van der Waals surface area contributed by atoms with Crippen LogP contribution in [0.2, 0.25) is 10.0 Å². The summed E-state index contributed by atoms with van der Waals surface area (Å²) >= 11 is 11.4. The van der Waals surface area contributed by atoms with E-state index in [1.165, 1.54) is 19.4 Å². The van der Waals surface area contributed by atoms with Gasteiger partial charge in [-0.2, -0.15) is 0 Å². The Kier molecular flexibility index (Phi) is 3.51. The minimum absolute atomic E-state index is 0.0620. The van der Waals surface area contributed by atoms with Crippen molar-refractivity contribution >= 4 is 29.2 Å². The number of rotatable bonds is 2. The van der Waals surface area contributed by atoms with Gasteiger partial charge in [-0.25, -0.2) is 0 Å². The first kappa shape index (κ1) is 10.3. The van der Waals surface area contributed by atoms with Crippen LogP contribution in [0.25, 0.3) is 0 Å². The van der Waals surface area contributed by atoms with Crippen molar-refractivity contribution in [2.75, 3.05) is 7.11 Å². The van der Waals surface area contributed by atoms with Gasteiger partial charge < -0.3 is 4.74 Å². The van der Waals surface area contributed by atoms with Crippen molar-refractivity contribution in [1.29, 1.82) is 0 Å². The van der Waals surface area contributed by atoms with Crippen LogP contribution in [0, 0.1) is 0 Å². The lowest BCUT2D eigenvalue weighted by atomic mass is 10.3. The Morgan fingerprint density at radius 3 is 2.85 bits per heavy atom. The van der Waals surface area contributed by atoms with E-state index in [0.29, 0.717) is 15.7 Å². The highest BCUT2D eigenvalue weighted by Crippen LogP contribution is 2.18. The van der Waals surface area contributed by atoms with Gasteiger partial charge in [-0.15, -0.1) is 0 Å². The van der Waals surface area contributed by atoms with Gasteiger partial charge in [0.2, 0.25) is 0 Å². The number of halogens is 2. The van der Waals surface area contributed by atoms with Crippen LogP contribution in [0.15, 0.2) is 12.3 Å². The highest BCUT2D eigenvalue weighted by molar-refractivity contribution is 6.34. The number of carbonyl (C=O) groups is 1. The van der Waals surface area contributed by atoms with Crippen molar-refractivity contribution < 1.29 is 9.53 Å². The first-order chi connectivity index (χ1) is 6.13. The van der Waals surface area contributed by atoms with E-state index in [0.717, 1.165) is 0 Å². The third-order valence-corrected chi connectivity index (χ3v) is 1.96. The fraction of sp³-hybridized carbons (Fsp3) is 0.250. The van der Waals surface area contributed by atoms with E-state index in [-0.39, 0.29) is 12.4 Å². The van der Waals surface area contributed by atoms with E-state index in [9.17, 15) is 4.79 Å². The summed E-state index contributed by atoms with van der Waals surface area (Å²) in [4.78, 5) is 14.8. The summed E-state index contributed by atoms with van der Waals surface area (Å²) in [5, 5.41) is 0.816. The molecule has 13 heavy (non-hydrogen) atoms. The lowest BCUT2D eigenvalue weighted by molar-refractivity contribution is -0.139.